The third-order valence-corrected chi connectivity index (χ3v) is 4.07. The fourth-order valence-corrected chi connectivity index (χ4v) is 2.84. The Bertz CT molecular complexity index is 899. The van der Waals surface area contributed by atoms with Crippen LogP contribution in [0.3, 0.4) is 0 Å². The summed E-state index contributed by atoms with van der Waals surface area (Å²) in [7, 11) is 0. The van der Waals surface area contributed by atoms with Crippen molar-refractivity contribution in [2.75, 3.05) is 6.61 Å². The monoisotopic (exact) mass is 333 g/mol. The minimum atomic E-state index is -0.235. The van der Waals surface area contributed by atoms with Gasteiger partial charge in [-0.05, 0) is 35.4 Å². The van der Waals surface area contributed by atoms with Crippen LogP contribution in [0, 0.1) is 0 Å². The zero-order chi connectivity index (χ0) is 17.6. The molecule has 1 amide bonds. The van der Waals surface area contributed by atoms with Crippen LogP contribution in [0.2, 0.25) is 0 Å². The normalized spacial score (nSPS) is 11.7. The number of ether oxygens (including phenoxy) is 1. The van der Waals surface area contributed by atoms with E-state index in [0.29, 0.717) is 17.6 Å². The van der Waals surface area contributed by atoms with Crippen molar-refractivity contribution in [1.82, 2.24) is 5.32 Å². The van der Waals surface area contributed by atoms with Crippen LogP contribution in [-0.4, -0.2) is 18.8 Å². The van der Waals surface area contributed by atoms with E-state index in [2.05, 4.69) is 5.32 Å². The molecule has 0 heterocycles. The van der Waals surface area contributed by atoms with Gasteiger partial charge in [0, 0.05) is 0 Å². The Balaban J connectivity index is 1.67. The number of hydrogen-bond donors (Lipinski definition) is 1. The molecule has 4 nitrogen and oxygen atoms in total. The predicted octanol–water partition coefficient (Wildman–Crippen LogP) is 3.91. The quantitative estimate of drug-likeness (QED) is 0.696. The van der Waals surface area contributed by atoms with Gasteiger partial charge in [0.25, 0.3) is 5.91 Å². The van der Waals surface area contributed by atoms with Crippen LogP contribution in [0.5, 0.6) is 5.75 Å². The molecule has 3 rings (SSSR count). The first kappa shape index (κ1) is 16.7. The summed E-state index contributed by atoms with van der Waals surface area (Å²) in [6, 6.07) is 20.8. The lowest BCUT2D eigenvalue weighted by Gasteiger charge is -2.17. The van der Waals surface area contributed by atoms with Crippen LogP contribution in [0.15, 0.2) is 66.7 Å². The molecule has 0 radical (unpaired) electrons. The topological polar surface area (TPSA) is 55.4 Å². The van der Waals surface area contributed by atoms with Crippen molar-refractivity contribution in [2.45, 2.75) is 13.0 Å². The molecule has 3 aromatic carbocycles. The van der Waals surface area contributed by atoms with Crippen molar-refractivity contribution < 1.29 is 14.3 Å². The fraction of sp³-hybridized carbons (Fsp3) is 0.143. The van der Waals surface area contributed by atoms with E-state index in [9.17, 15) is 9.59 Å². The van der Waals surface area contributed by atoms with Gasteiger partial charge in [-0.25, -0.2) is 0 Å². The Morgan fingerprint density at radius 1 is 1.04 bits per heavy atom. The number of fused-ring (bicyclic) bond motifs is 1. The average Bonchev–Trinajstić information content (AvgIpc) is 2.66. The molecule has 126 valence electrons. The number of para-hydroxylation sites is 1. The Kier molecular flexibility index (Phi) is 5.09. The summed E-state index contributed by atoms with van der Waals surface area (Å²) in [5, 5.41) is 5.20. The largest absolute Gasteiger partial charge is 0.483 e. The SMILES string of the molecule is CC(NC(=O)COc1ccccc1C=O)c1cccc2ccccc12. The minimum Gasteiger partial charge on any atom is -0.483 e. The van der Waals surface area contributed by atoms with Crippen LogP contribution in [0.1, 0.15) is 28.9 Å². The average molecular weight is 333 g/mol. The van der Waals surface area contributed by atoms with E-state index in [1.165, 1.54) is 0 Å². The fourth-order valence-electron chi connectivity index (χ4n) is 2.84. The molecule has 0 bridgehead atoms. The molecule has 0 saturated carbocycles. The first-order chi connectivity index (χ1) is 12.2. The van der Waals surface area contributed by atoms with Gasteiger partial charge < -0.3 is 10.1 Å². The first-order valence-corrected chi connectivity index (χ1v) is 8.13. The number of benzene rings is 3. The molecule has 0 fully saturated rings. The lowest BCUT2D eigenvalue weighted by molar-refractivity contribution is -0.123. The molecule has 0 aliphatic rings. The molecule has 1 N–H and O–H groups in total. The number of rotatable bonds is 6. The van der Waals surface area contributed by atoms with Crippen molar-refractivity contribution >= 4 is 23.0 Å². The van der Waals surface area contributed by atoms with Crippen molar-refractivity contribution in [3.05, 3.63) is 77.9 Å². The molecule has 0 spiro atoms. The summed E-state index contributed by atoms with van der Waals surface area (Å²) >= 11 is 0. The Hall–Kier alpha value is -3.14. The highest BCUT2D eigenvalue weighted by Gasteiger charge is 2.13. The molecule has 3 aromatic rings. The lowest BCUT2D eigenvalue weighted by Crippen LogP contribution is -2.31. The molecule has 0 aliphatic carbocycles. The zero-order valence-electron chi connectivity index (χ0n) is 13.9. The maximum absolute atomic E-state index is 12.2. The van der Waals surface area contributed by atoms with E-state index in [1.54, 1.807) is 24.3 Å². The maximum atomic E-state index is 12.2. The standard InChI is InChI=1S/C21H19NO3/c1-15(18-11-6-9-16-7-2-4-10-19(16)18)22-21(24)14-25-20-12-5-3-8-17(20)13-23/h2-13,15H,14H2,1H3,(H,22,24). The Morgan fingerprint density at radius 3 is 2.60 bits per heavy atom. The van der Waals surface area contributed by atoms with E-state index in [-0.39, 0.29) is 18.6 Å². The highest BCUT2D eigenvalue weighted by Crippen LogP contribution is 2.24. The van der Waals surface area contributed by atoms with E-state index in [4.69, 9.17) is 4.74 Å². The van der Waals surface area contributed by atoms with E-state index in [1.807, 2.05) is 49.4 Å². The second kappa shape index (κ2) is 7.62. The molecule has 0 saturated heterocycles. The summed E-state index contributed by atoms with van der Waals surface area (Å²) in [6.45, 7) is 1.80. The third-order valence-electron chi connectivity index (χ3n) is 4.07. The number of amides is 1. The van der Waals surface area contributed by atoms with Gasteiger partial charge >= 0.3 is 0 Å². The van der Waals surface area contributed by atoms with Gasteiger partial charge in [-0.1, -0.05) is 54.6 Å². The molecule has 4 heteroatoms. The van der Waals surface area contributed by atoms with E-state index < -0.39 is 0 Å². The van der Waals surface area contributed by atoms with Crippen LogP contribution < -0.4 is 10.1 Å². The Morgan fingerprint density at radius 2 is 1.76 bits per heavy atom. The highest BCUT2D eigenvalue weighted by molar-refractivity contribution is 5.87. The van der Waals surface area contributed by atoms with Crippen molar-refractivity contribution in [3.8, 4) is 5.75 Å². The highest BCUT2D eigenvalue weighted by atomic mass is 16.5. The maximum Gasteiger partial charge on any atom is 0.258 e. The minimum absolute atomic E-state index is 0.139. The van der Waals surface area contributed by atoms with Gasteiger partial charge in [-0.3, -0.25) is 9.59 Å². The van der Waals surface area contributed by atoms with Gasteiger partial charge in [-0.15, -0.1) is 0 Å². The summed E-state index contributed by atoms with van der Waals surface area (Å²) < 4.78 is 5.47. The smallest absolute Gasteiger partial charge is 0.258 e. The third kappa shape index (κ3) is 3.86. The van der Waals surface area contributed by atoms with Crippen molar-refractivity contribution in [3.63, 3.8) is 0 Å². The van der Waals surface area contributed by atoms with Gasteiger partial charge in [0.2, 0.25) is 0 Å². The van der Waals surface area contributed by atoms with Crippen LogP contribution in [0.25, 0.3) is 10.8 Å². The molecule has 0 aromatic heterocycles. The second-order valence-corrected chi connectivity index (χ2v) is 5.80. The molecular weight excluding hydrogens is 314 g/mol. The van der Waals surface area contributed by atoms with Crippen LogP contribution in [-0.2, 0) is 4.79 Å². The Labute approximate surface area is 146 Å². The number of hydrogen-bond acceptors (Lipinski definition) is 3. The molecule has 0 aliphatic heterocycles. The van der Waals surface area contributed by atoms with Gasteiger partial charge in [0.15, 0.2) is 12.9 Å². The van der Waals surface area contributed by atoms with Gasteiger partial charge in [-0.2, -0.15) is 0 Å². The number of aldehydes is 1. The van der Waals surface area contributed by atoms with Gasteiger partial charge in [0.05, 0.1) is 11.6 Å². The van der Waals surface area contributed by atoms with Crippen molar-refractivity contribution in [1.29, 1.82) is 0 Å². The molecular formula is C21H19NO3. The van der Waals surface area contributed by atoms with E-state index >= 15 is 0 Å². The number of nitrogens with one attached hydrogen (secondary N) is 1. The van der Waals surface area contributed by atoms with E-state index in [0.717, 1.165) is 16.3 Å². The van der Waals surface area contributed by atoms with Crippen LogP contribution >= 0.6 is 0 Å². The summed E-state index contributed by atoms with van der Waals surface area (Å²) in [5.41, 5.74) is 1.48. The summed E-state index contributed by atoms with van der Waals surface area (Å²) in [4.78, 5) is 23.2. The van der Waals surface area contributed by atoms with Crippen molar-refractivity contribution in [2.24, 2.45) is 0 Å². The molecule has 1 unspecified atom stereocenters. The molecule has 25 heavy (non-hydrogen) atoms. The first-order valence-electron chi connectivity index (χ1n) is 8.13. The zero-order valence-corrected chi connectivity index (χ0v) is 13.9. The van der Waals surface area contributed by atoms with Gasteiger partial charge in [0.1, 0.15) is 5.75 Å². The van der Waals surface area contributed by atoms with Crippen LogP contribution in [0.4, 0.5) is 0 Å². The summed E-state index contributed by atoms with van der Waals surface area (Å²) in [5.74, 6) is 0.173. The second-order valence-electron chi connectivity index (χ2n) is 5.80. The number of carbonyl (C=O) groups is 2. The lowest BCUT2D eigenvalue weighted by atomic mass is 10.00. The summed E-state index contributed by atoms with van der Waals surface area (Å²) in [6.07, 6.45) is 0.714. The molecule has 1 atom stereocenters. The number of carbonyl (C=O) groups excluding carboxylic acids is 2. The predicted molar refractivity (Wildman–Crippen MR) is 97.8 cm³/mol.